The van der Waals surface area contributed by atoms with Crippen molar-refractivity contribution in [1.82, 2.24) is 5.32 Å². The summed E-state index contributed by atoms with van der Waals surface area (Å²) in [7, 11) is 0. The molecular formula is C18H22BrN5O4. The fourth-order valence-electron chi connectivity index (χ4n) is 3.40. The highest BCUT2D eigenvalue weighted by Gasteiger charge is 2.32. The second-order valence-corrected chi connectivity index (χ2v) is 7.55. The number of hydrogen-bond donors (Lipinski definition) is 1. The van der Waals surface area contributed by atoms with Crippen molar-refractivity contribution >= 4 is 27.7 Å². The zero-order valence-electron chi connectivity index (χ0n) is 15.3. The van der Waals surface area contributed by atoms with Gasteiger partial charge in [0, 0.05) is 34.0 Å². The number of alkyl halides is 1. The summed E-state index contributed by atoms with van der Waals surface area (Å²) >= 11 is 3.37. The molecule has 1 aliphatic rings. The van der Waals surface area contributed by atoms with Crippen LogP contribution in [0, 0.1) is 10.1 Å². The Bertz CT molecular complexity index is 794. The normalized spacial score (nSPS) is 14.8. The van der Waals surface area contributed by atoms with Crippen LogP contribution in [0.1, 0.15) is 64.8 Å². The zero-order chi connectivity index (χ0) is 20.5. The van der Waals surface area contributed by atoms with Gasteiger partial charge in [0.15, 0.2) is 0 Å². The summed E-state index contributed by atoms with van der Waals surface area (Å²) in [5.74, 6) is -1.02. The van der Waals surface area contributed by atoms with Crippen LogP contribution in [0.25, 0.3) is 10.4 Å². The second kappa shape index (κ2) is 10.8. The standard InChI is InChI=1S/C18H22BrN5O4/c19-9-4-2-1-3-7-13(22-23-20)11-14(24(27)28)10-12-6-5-8-15-16(12)18(26)21-17(15)25/h5-6,8,13-14H,1-4,7,9-11H2,(H,21,25,26). The molecule has 0 aromatic heterocycles. The predicted molar refractivity (Wildman–Crippen MR) is 107 cm³/mol. The Morgan fingerprint density at radius 2 is 1.96 bits per heavy atom. The highest BCUT2D eigenvalue weighted by molar-refractivity contribution is 9.09. The van der Waals surface area contributed by atoms with Crippen LogP contribution >= 0.6 is 15.9 Å². The summed E-state index contributed by atoms with van der Waals surface area (Å²) in [6, 6.07) is 3.27. The largest absolute Gasteiger partial charge is 0.288 e. The molecule has 2 rings (SSSR count). The molecule has 0 saturated carbocycles. The van der Waals surface area contributed by atoms with Gasteiger partial charge < -0.3 is 0 Å². The summed E-state index contributed by atoms with van der Waals surface area (Å²) < 4.78 is 0. The Kier molecular flexibility index (Phi) is 8.41. The van der Waals surface area contributed by atoms with Gasteiger partial charge in [-0.05, 0) is 30.0 Å². The molecule has 1 aromatic rings. The number of rotatable bonds is 12. The van der Waals surface area contributed by atoms with Crippen LogP contribution in [0.15, 0.2) is 23.3 Å². The third kappa shape index (κ3) is 5.77. The van der Waals surface area contributed by atoms with Crippen LogP contribution in [0.3, 0.4) is 0 Å². The van der Waals surface area contributed by atoms with Gasteiger partial charge in [0.05, 0.1) is 11.1 Å². The number of azide groups is 1. The molecule has 0 radical (unpaired) electrons. The first kappa shape index (κ1) is 21.8. The topological polar surface area (TPSA) is 138 Å². The zero-order valence-corrected chi connectivity index (χ0v) is 16.9. The molecule has 10 heteroatoms. The molecule has 0 saturated heterocycles. The quantitative estimate of drug-likeness (QED) is 0.0743. The van der Waals surface area contributed by atoms with Crippen LogP contribution in [-0.2, 0) is 6.42 Å². The summed E-state index contributed by atoms with van der Waals surface area (Å²) in [5, 5.41) is 18.5. The number of benzene rings is 1. The number of fused-ring (bicyclic) bond motifs is 1. The predicted octanol–water partition coefficient (Wildman–Crippen LogP) is 4.17. The lowest BCUT2D eigenvalue weighted by molar-refractivity contribution is -0.523. The maximum Gasteiger partial charge on any atom is 0.259 e. The minimum Gasteiger partial charge on any atom is -0.288 e. The van der Waals surface area contributed by atoms with Gasteiger partial charge in [-0.3, -0.25) is 25.0 Å². The van der Waals surface area contributed by atoms with Gasteiger partial charge in [-0.25, -0.2) is 0 Å². The molecular weight excluding hydrogens is 430 g/mol. The molecule has 0 fully saturated rings. The smallest absolute Gasteiger partial charge is 0.259 e. The lowest BCUT2D eigenvalue weighted by atomic mass is 9.93. The number of imide groups is 1. The van der Waals surface area contributed by atoms with Crippen LogP contribution in [0.4, 0.5) is 0 Å². The van der Waals surface area contributed by atoms with Crippen molar-refractivity contribution in [1.29, 1.82) is 0 Å². The van der Waals surface area contributed by atoms with Gasteiger partial charge in [0.1, 0.15) is 0 Å². The van der Waals surface area contributed by atoms with Gasteiger partial charge in [0.2, 0.25) is 6.04 Å². The molecule has 1 aromatic carbocycles. The first-order valence-electron chi connectivity index (χ1n) is 9.19. The van der Waals surface area contributed by atoms with E-state index in [0.717, 1.165) is 31.0 Å². The lowest BCUT2D eigenvalue weighted by Crippen LogP contribution is -2.28. The van der Waals surface area contributed by atoms with E-state index in [1.807, 2.05) is 0 Å². The summed E-state index contributed by atoms with van der Waals surface area (Å²) in [6.07, 6.45) is 4.59. The molecule has 9 nitrogen and oxygen atoms in total. The van der Waals surface area contributed by atoms with E-state index in [9.17, 15) is 19.7 Å². The Morgan fingerprint density at radius 3 is 2.64 bits per heavy atom. The molecule has 0 bridgehead atoms. The molecule has 1 heterocycles. The van der Waals surface area contributed by atoms with Crippen molar-refractivity contribution in [2.75, 3.05) is 5.33 Å². The van der Waals surface area contributed by atoms with Crippen molar-refractivity contribution < 1.29 is 14.5 Å². The van der Waals surface area contributed by atoms with Crippen molar-refractivity contribution in [3.05, 3.63) is 55.4 Å². The third-order valence-corrected chi connectivity index (χ3v) is 5.34. The molecule has 2 atom stereocenters. The average Bonchev–Trinajstić information content (AvgIpc) is 2.95. The SMILES string of the molecule is [N-]=[N+]=NC(CCCCCCBr)CC(Cc1cccc2c1C(=O)NC2=O)[N+](=O)[O-]. The molecule has 150 valence electrons. The van der Waals surface area contributed by atoms with Gasteiger partial charge in [-0.15, -0.1) is 0 Å². The molecule has 0 spiro atoms. The highest BCUT2D eigenvalue weighted by atomic mass is 79.9. The van der Waals surface area contributed by atoms with E-state index >= 15 is 0 Å². The van der Waals surface area contributed by atoms with Gasteiger partial charge in [-0.2, -0.15) is 0 Å². The van der Waals surface area contributed by atoms with Gasteiger partial charge >= 0.3 is 0 Å². The number of halogens is 1. The minimum absolute atomic E-state index is 0.00207. The highest BCUT2D eigenvalue weighted by Crippen LogP contribution is 2.24. The van der Waals surface area contributed by atoms with Crippen molar-refractivity contribution in [3.8, 4) is 0 Å². The van der Waals surface area contributed by atoms with Crippen molar-refractivity contribution in [2.24, 2.45) is 5.11 Å². The van der Waals surface area contributed by atoms with E-state index in [1.165, 1.54) is 6.07 Å². The minimum atomic E-state index is -1.01. The lowest BCUT2D eigenvalue weighted by Gasteiger charge is -2.16. The molecule has 1 N–H and O–H groups in total. The molecule has 2 unspecified atom stereocenters. The number of hydrogen-bond acceptors (Lipinski definition) is 5. The van der Waals surface area contributed by atoms with E-state index in [1.54, 1.807) is 12.1 Å². The second-order valence-electron chi connectivity index (χ2n) is 6.75. The van der Waals surface area contributed by atoms with Crippen LogP contribution in [0.2, 0.25) is 0 Å². The van der Waals surface area contributed by atoms with Crippen LogP contribution < -0.4 is 5.32 Å². The van der Waals surface area contributed by atoms with Crippen molar-refractivity contribution in [2.45, 2.75) is 57.0 Å². The number of nitrogens with zero attached hydrogens (tertiary/aromatic N) is 4. The first-order valence-corrected chi connectivity index (χ1v) is 10.3. The molecule has 2 amide bonds. The van der Waals surface area contributed by atoms with Gasteiger partial charge in [0.25, 0.3) is 11.8 Å². The number of amides is 2. The monoisotopic (exact) mass is 451 g/mol. The first-order chi connectivity index (χ1) is 13.5. The summed E-state index contributed by atoms with van der Waals surface area (Å²) in [6.45, 7) is 0. The summed E-state index contributed by atoms with van der Waals surface area (Å²) in [5.41, 5.74) is 9.70. The average molecular weight is 452 g/mol. The fraction of sp³-hybridized carbons (Fsp3) is 0.556. The number of carbonyl (C=O) groups excluding carboxylic acids is 2. The Hall–Kier alpha value is -2.45. The number of unbranched alkanes of at least 4 members (excludes halogenated alkanes) is 3. The van der Waals surface area contributed by atoms with Crippen molar-refractivity contribution in [3.63, 3.8) is 0 Å². The van der Waals surface area contributed by atoms with E-state index in [0.29, 0.717) is 12.0 Å². The summed E-state index contributed by atoms with van der Waals surface area (Å²) in [4.78, 5) is 37.8. The van der Waals surface area contributed by atoms with Gasteiger partial charge in [-0.1, -0.05) is 52.4 Å². The van der Waals surface area contributed by atoms with E-state index in [-0.39, 0.29) is 24.0 Å². The van der Waals surface area contributed by atoms with Crippen LogP contribution in [-0.4, -0.2) is 34.2 Å². The number of carbonyl (C=O) groups is 2. The maximum atomic E-state index is 12.0. The van der Waals surface area contributed by atoms with Crippen LogP contribution in [0.5, 0.6) is 0 Å². The Morgan fingerprint density at radius 1 is 1.21 bits per heavy atom. The Labute approximate surface area is 170 Å². The Balaban J connectivity index is 2.09. The maximum absolute atomic E-state index is 12.0. The molecule has 0 aliphatic carbocycles. The third-order valence-electron chi connectivity index (χ3n) is 4.78. The number of nitrogens with one attached hydrogen (secondary N) is 1. The van der Waals surface area contributed by atoms with E-state index < -0.39 is 28.8 Å². The van der Waals surface area contributed by atoms with E-state index in [2.05, 4.69) is 31.3 Å². The fourth-order valence-corrected chi connectivity index (χ4v) is 3.79. The number of nitro groups is 1. The molecule has 1 aliphatic heterocycles. The molecule has 28 heavy (non-hydrogen) atoms. The van der Waals surface area contributed by atoms with E-state index in [4.69, 9.17) is 5.53 Å².